The van der Waals surface area contributed by atoms with Crippen molar-refractivity contribution in [2.24, 2.45) is 0 Å². The first-order chi connectivity index (χ1) is 15.2. The molecule has 32 heavy (non-hydrogen) atoms. The summed E-state index contributed by atoms with van der Waals surface area (Å²) in [6.07, 6.45) is 2.72. The highest BCUT2D eigenvalue weighted by Gasteiger charge is 2.34. The highest BCUT2D eigenvalue weighted by atomic mass is 35.5. The average molecular weight is 509 g/mol. The Bertz CT molecular complexity index is 1030. The zero-order valence-electron chi connectivity index (χ0n) is 17.1. The van der Waals surface area contributed by atoms with Crippen molar-refractivity contribution in [2.45, 2.75) is 42.3 Å². The number of carbonyl (C=O) groups is 1. The lowest BCUT2D eigenvalue weighted by molar-refractivity contribution is -0.135. The molecule has 13 heteroatoms. The number of thiazole rings is 1. The second-order valence-corrected chi connectivity index (χ2v) is 10.3. The minimum absolute atomic E-state index is 0.00348. The first-order valence-electron chi connectivity index (χ1n) is 9.78. The molecule has 0 aliphatic heterocycles. The van der Waals surface area contributed by atoms with Gasteiger partial charge in [0, 0.05) is 36.6 Å². The summed E-state index contributed by atoms with van der Waals surface area (Å²) in [7, 11) is -2.45. The van der Waals surface area contributed by atoms with Crippen LogP contribution in [0, 0.1) is 5.82 Å². The summed E-state index contributed by atoms with van der Waals surface area (Å²) in [5.74, 6) is -0.994. The Balaban J connectivity index is 1.84. The van der Waals surface area contributed by atoms with E-state index in [0.29, 0.717) is 25.7 Å². The van der Waals surface area contributed by atoms with Crippen LogP contribution in [0.25, 0.3) is 0 Å². The van der Waals surface area contributed by atoms with E-state index in [9.17, 15) is 22.0 Å². The van der Waals surface area contributed by atoms with E-state index in [1.54, 1.807) is 12.4 Å². The number of likely N-dealkylation sites (N-methyl/N-ethyl adjacent to an activating group) is 1. The van der Waals surface area contributed by atoms with Crippen molar-refractivity contribution in [1.29, 1.82) is 0 Å². The molecule has 0 saturated heterocycles. The number of anilines is 2. The van der Waals surface area contributed by atoms with E-state index in [2.05, 4.69) is 15.0 Å². The Kier molecular flexibility index (Phi) is 8.26. The van der Waals surface area contributed by atoms with Crippen LogP contribution in [0.2, 0.25) is 5.02 Å². The van der Waals surface area contributed by atoms with Gasteiger partial charge in [0.2, 0.25) is 0 Å². The summed E-state index contributed by atoms with van der Waals surface area (Å²) in [6, 6.07) is 1.58. The topological polar surface area (TPSA) is 101 Å². The summed E-state index contributed by atoms with van der Waals surface area (Å²) >= 11 is 7.35. The number of halogens is 3. The number of nitrogens with zero attached hydrogens (tertiary/aromatic N) is 2. The highest BCUT2D eigenvalue weighted by Crippen LogP contribution is 2.33. The number of ether oxygens (including phenoxy) is 1. The molecule has 1 aliphatic carbocycles. The molecule has 1 aromatic heterocycles. The normalized spacial score (nSPS) is 21.3. The van der Waals surface area contributed by atoms with Gasteiger partial charge in [0.05, 0.1) is 10.7 Å². The number of aromatic nitrogens is 1. The second-order valence-electron chi connectivity index (χ2n) is 7.36. The monoisotopic (exact) mass is 508 g/mol. The van der Waals surface area contributed by atoms with Gasteiger partial charge in [-0.15, -0.1) is 11.3 Å². The van der Waals surface area contributed by atoms with Crippen molar-refractivity contribution >= 4 is 50.3 Å². The third kappa shape index (κ3) is 5.85. The van der Waals surface area contributed by atoms with Crippen molar-refractivity contribution in [3.05, 3.63) is 34.5 Å². The predicted octanol–water partition coefficient (Wildman–Crippen LogP) is 3.51. The lowest BCUT2D eigenvalue weighted by atomic mass is 9.87. The molecule has 8 nitrogen and oxygen atoms in total. The smallest absolute Gasteiger partial charge is 0.293 e. The molecule has 2 aromatic rings. The Morgan fingerprint density at radius 2 is 2.19 bits per heavy atom. The second kappa shape index (κ2) is 10.7. The molecule has 0 bridgehead atoms. The molecule has 1 saturated carbocycles. The Morgan fingerprint density at radius 3 is 2.84 bits per heavy atom. The van der Waals surface area contributed by atoms with Gasteiger partial charge in [-0.05, 0) is 32.0 Å². The van der Waals surface area contributed by atoms with Crippen molar-refractivity contribution < 1.29 is 26.7 Å². The molecule has 0 radical (unpaired) electrons. The van der Waals surface area contributed by atoms with E-state index in [1.165, 1.54) is 6.20 Å². The molecule has 1 unspecified atom stereocenters. The van der Waals surface area contributed by atoms with Gasteiger partial charge in [-0.25, -0.2) is 22.2 Å². The molecule has 3 rings (SSSR count). The van der Waals surface area contributed by atoms with Crippen LogP contribution >= 0.6 is 22.9 Å². The summed E-state index contributed by atoms with van der Waals surface area (Å²) in [5.41, 5.74) is 0.188. The Labute approximate surface area is 194 Å². The van der Waals surface area contributed by atoms with Crippen LogP contribution in [0.5, 0.6) is 0 Å². The van der Waals surface area contributed by atoms with Gasteiger partial charge in [0.1, 0.15) is 23.5 Å². The molecule has 176 valence electrons. The fraction of sp³-hybridized carbons (Fsp3) is 0.474. The van der Waals surface area contributed by atoms with Gasteiger partial charge in [0.25, 0.3) is 16.5 Å². The van der Waals surface area contributed by atoms with Gasteiger partial charge >= 0.3 is 0 Å². The molecular weight excluding hydrogens is 486 g/mol. The average Bonchev–Trinajstić information content (AvgIpc) is 3.23. The summed E-state index contributed by atoms with van der Waals surface area (Å²) in [6.45, 7) is 0.0703. The van der Waals surface area contributed by atoms with E-state index in [0.717, 1.165) is 23.5 Å². The first kappa shape index (κ1) is 24.6. The van der Waals surface area contributed by atoms with Crippen molar-refractivity contribution in [3.8, 4) is 0 Å². The van der Waals surface area contributed by atoms with Crippen LogP contribution in [0.3, 0.4) is 0 Å². The minimum Gasteiger partial charge on any atom is -0.465 e. The van der Waals surface area contributed by atoms with Crippen molar-refractivity contribution in [2.75, 3.05) is 30.3 Å². The van der Waals surface area contributed by atoms with Gasteiger partial charge < -0.3 is 10.1 Å². The maximum absolute atomic E-state index is 14.8. The summed E-state index contributed by atoms with van der Waals surface area (Å²) < 4.78 is 60.1. The predicted molar refractivity (Wildman–Crippen MR) is 119 cm³/mol. The quantitative estimate of drug-likeness (QED) is 0.473. The fourth-order valence-corrected chi connectivity index (χ4v) is 5.95. The number of carbonyl (C=O) groups excluding carboxylic acids is 1. The van der Waals surface area contributed by atoms with Crippen LogP contribution in [-0.4, -0.2) is 63.2 Å². The maximum atomic E-state index is 14.8. The van der Waals surface area contributed by atoms with Gasteiger partial charge in [-0.1, -0.05) is 11.6 Å². The number of alkyl halides is 1. The standard InChI is InChI=1S/C19H23ClF2N4O4S2/c1-26(6-4-21)17-3-2-12(30-11-27)8-16(17)24-15-10-14(22)18(9-13(15)20)32(28,29)25-19-23-5-7-31-19/h5,7,9-12,16-17,24H,2-4,6,8H2,1H3,(H,23,25)/t12?,16-,17-/m0/s1. The number of hydrogen-bond donors (Lipinski definition) is 2. The molecule has 1 aliphatic rings. The molecule has 2 N–H and O–H groups in total. The lowest BCUT2D eigenvalue weighted by Gasteiger charge is -2.41. The van der Waals surface area contributed by atoms with E-state index in [1.807, 2.05) is 4.90 Å². The zero-order chi connectivity index (χ0) is 23.3. The molecule has 1 fully saturated rings. The molecule has 0 amide bonds. The SMILES string of the molecule is CN(CCF)[C@H]1CCC(OC=O)C[C@@H]1Nc1cc(F)c(S(=O)(=O)Nc2nccs2)cc1Cl. The lowest BCUT2D eigenvalue weighted by Crippen LogP contribution is -2.51. The van der Waals surface area contributed by atoms with Crippen LogP contribution in [0.15, 0.2) is 28.6 Å². The van der Waals surface area contributed by atoms with Crippen molar-refractivity contribution in [3.63, 3.8) is 0 Å². The van der Waals surface area contributed by atoms with Gasteiger partial charge in [-0.2, -0.15) is 0 Å². The number of sulfonamides is 1. The molecule has 3 atom stereocenters. The van der Waals surface area contributed by atoms with Gasteiger partial charge in [0.15, 0.2) is 5.13 Å². The highest BCUT2D eigenvalue weighted by molar-refractivity contribution is 7.93. The van der Waals surface area contributed by atoms with Crippen LogP contribution in [-0.2, 0) is 19.6 Å². The van der Waals surface area contributed by atoms with E-state index in [4.69, 9.17) is 16.3 Å². The Hall–Kier alpha value is -2.02. The van der Waals surface area contributed by atoms with E-state index < -0.39 is 27.4 Å². The van der Waals surface area contributed by atoms with Crippen molar-refractivity contribution in [1.82, 2.24) is 9.88 Å². The molecule has 1 heterocycles. The van der Waals surface area contributed by atoms with E-state index >= 15 is 0 Å². The number of rotatable bonds is 10. The zero-order valence-corrected chi connectivity index (χ0v) is 19.5. The minimum atomic E-state index is -4.23. The third-order valence-electron chi connectivity index (χ3n) is 5.32. The number of benzene rings is 1. The maximum Gasteiger partial charge on any atom is 0.293 e. The third-order valence-corrected chi connectivity index (χ3v) is 7.81. The summed E-state index contributed by atoms with van der Waals surface area (Å²) in [5, 5.41) is 4.81. The van der Waals surface area contributed by atoms with Crippen LogP contribution in [0.4, 0.5) is 19.6 Å². The Morgan fingerprint density at radius 1 is 1.41 bits per heavy atom. The van der Waals surface area contributed by atoms with Gasteiger partial charge in [-0.3, -0.25) is 14.4 Å². The molecular formula is C19H23ClF2N4O4S2. The first-order valence-corrected chi connectivity index (χ1v) is 12.5. The number of nitrogens with one attached hydrogen (secondary N) is 2. The molecule has 0 spiro atoms. The van der Waals surface area contributed by atoms with Crippen LogP contribution in [0.1, 0.15) is 19.3 Å². The van der Waals surface area contributed by atoms with E-state index in [-0.39, 0.29) is 40.6 Å². The summed E-state index contributed by atoms with van der Waals surface area (Å²) in [4.78, 5) is 15.8. The fourth-order valence-electron chi connectivity index (χ4n) is 3.79. The number of hydrogen-bond acceptors (Lipinski definition) is 8. The molecule has 1 aromatic carbocycles. The largest absolute Gasteiger partial charge is 0.465 e. The van der Waals surface area contributed by atoms with Crippen LogP contribution < -0.4 is 10.0 Å².